The molecule has 5 heteroatoms. The monoisotopic (exact) mass is 403 g/mol. The van der Waals surface area contributed by atoms with Crippen LogP contribution >= 0.6 is 0 Å². The van der Waals surface area contributed by atoms with E-state index in [9.17, 15) is 9.59 Å². The summed E-state index contributed by atoms with van der Waals surface area (Å²) in [6, 6.07) is 14.1. The Kier molecular flexibility index (Phi) is 5.70. The van der Waals surface area contributed by atoms with E-state index >= 15 is 0 Å². The first-order valence-corrected chi connectivity index (χ1v) is 10.4. The van der Waals surface area contributed by atoms with Crippen molar-refractivity contribution in [2.75, 3.05) is 13.2 Å². The number of hydrogen-bond donors (Lipinski definition) is 0. The Hall–Kier alpha value is -3.34. The average Bonchev–Trinajstić information content (AvgIpc) is 3.05. The molecule has 1 atom stereocenters. The summed E-state index contributed by atoms with van der Waals surface area (Å²) in [7, 11) is 0. The van der Waals surface area contributed by atoms with E-state index in [1.165, 1.54) is 0 Å². The van der Waals surface area contributed by atoms with E-state index in [4.69, 9.17) is 9.15 Å². The number of carbonyl (C=O) groups is 1. The molecule has 5 nitrogen and oxygen atoms in total. The fourth-order valence-corrected chi connectivity index (χ4v) is 4.01. The Morgan fingerprint density at radius 1 is 1.13 bits per heavy atom. The summed E-state index contributed by atoms with van der Waals surface area (Å²) in [5.74, 6) is 0.593. The van der Waals surface area contributed by atoms with Crippen molar-refractivity contribution in [3.63, 3.8) is 0 Å². The molecule has 0 fully saturated rings. The Morgan fingerprint density at radius 3 is 2.77 bits per heavy atom. The first kappa shape index (κ1) is 20.0. The molecule has 2 aromatic carbocycles. The third-order valence-corrected chi connectivity index (χ3v) is 5.42. The Balaban J connectivity index is 1.86. The fraction of sp³-hybridized carbons (Fsp3) is 0.280. The van der Waals surface area contributed by atoms with Crippen LogP contribution in [0.4, 0.5) is 0 Å². The highest BCUT2D eigenvalue weighted by molar-refractivity contribution is 5.99. The van der Waals surface area contributed by atoms with Gasteiger partial charge in [0, 0.05) is 6.54 Å². The standard InChI is InChI=1S/C25H25NO4/c1-3-5-8-14-26-22(17-10-9-11-18(16-17)29-15-4-2)21-23(27)19-12-6-7-13-20(19)30-24(21)25(26)28/h4,6-7,9-13,16,22H,2-3,5,8,14-15H2,1H3. The van der Waals surface area contributed by atoms with Crippen LogP contribution in [0.1, 0.15) is 53.9 Å². The van der Waals surface area contributed by atoms with E-state index in [1.807, 2.05) is 24.3 Å². The molecule has 0 saturated heterocycles. The SMILES string of the molecule is C=CCOc1cccc(C2c3c(oc4ccccc4c3=O)C(=O)N2CCCCC)c1. The van der Waals surface area contributed by atoms with E-state index in [0.29, 0.717) is 35.4 Å². The van der Waals surface area contributed by atoms with Gasteiger partial charge in [0.2, 0.25) is 5.76 Å². The predicted molar refractivity (Wildman–Crippen MR) is 117 cm³/mol. The molecule has 1 unspecified atom stereocenters. The average molecular weight is 403 g/mol. The van der Waals surface area contributed by atoms with Crippen LogP contribution < -0.4 is 10.2 Å². The Labute approximate surface area is 175 Å². The maximum absolute atomic E-state index is 13.4. The zero-order valence-electron chi connectivity index (χ0n) is 17.1. The van der Waals surface area contributed by atoms with Gasteiger partial charge in [0.1, 0.15) is 17.9 Å². The molecule has 3 aromatic rings. The number of carbonyl (C=O) groups excluding carboxylic acids is 1. The third-order valence-electron chi connectivity index (χ3n) is 5.42. The highest BCUT2D eigenvalue weighted by atomic mass is 16.5. The van der Waals surface area contributed by atoms with Crippen LogP contribution in [0, 0.1) is 0 Å². The lowest BCUT2D eigenvalue weighted by Crippen LogP contribution is -2.30. The molecule has 0 saturated carbocycles. The summed E-state index contributed by atoms with van der Waals surface area (Å²) in [6.07, 6.45) is 4.61. The molecule has 0 bridgehead atoms. The topological polar surface area (TPSA) is 59.8 Å². The van der Waals surface area contributed by atoms with Crippen LogP contribution in [0.5, 0.6) is 5.75 Å². The molecule has 30 heavy (non-hydrogen) atoms. The summed E-state index contributed by atoms with van der Waals surface area (Å²) in [5, 5.41) is 0.489. The van der Waals surface area contributed by atoms with Crippen LogP contribution in [0.25, 0.3) is 11.0 Å². The van der Waals surface area contributed by atoms with Crippen LogP contribution in [0.3, 0.4) is 0 Å². The van der Waals surface area contributed by atoms with Crippen molar-refractivity contribution in [2.24, 2.45) is 0 Å². The number of hydrogen-bond acceptors (Lipinski definition) is 4. The Bertz CT molecular complexity index is 1150. The zero-order chi connectivity index (χ0) is 21.1. The molecule has 1 aliphatic heterocycles. The molecular formula is C25H25NO4. The number of rotatable bonds is 8. The summed E-state index contributed by atoms with van der Waals surface area (Å²) in [5.41, 5.74) is 1.53. The largest absolute Gasteiger partial charge is 0.490 e. The van der Waals surface area contributed by atoms with Gasteiger partial charge in [0.25, 0.3) is 5.91 Å². The van der Waals surface area contributed by atoms with Crippen molar-refractivity contribution in [1.82, 2.24) is 4.90 Å². The lowest BCUT2D eigenvalue weighted by Gasteiger charge is -2.25. The van der Waals surface area contributed by atoms with Crippen LogP contribution in [0.2, 0.25) is 0 Å². The molecule has 0 N–H and O–H groups in total. The molecule has 1 aromatic heterocycles. The number of fused-ring (bicyclic) bond motifs is 2. The second-order valence-electron chi connectivity index (χ2n) is 7.45. The van der Waals surface area contributed by atoms with Crippen molar-refractivity contribution >= 4 is 16.9 Å². The number of benzene rings is 2. The van der Waals surface area contributed by atoms with E-state index in [0.717, 1.165) is 24.8 Å². The Morgan fingerprint density at radius 2 is 1.97 bits per heavy atom. The minimum Gasteiger partial charge on any atom is -0.490 e. The maximum atomic E-state index is 13.4. The van der Waals surface area contributed by atoms with Crippen LogP contribution in [0.15, 0.2) is 70.4 Å². The first-order chi connectivity index (χ1) is 14.7. The van der Waals surface area contributed by atoms with Gasteiger partial charge in [-0.3, -0.25) is 9.59 Å². The summed E-state index contributed by atoms with van der Waals surface area (Å²) in [6.45, 7) is 6.75. The predicted octanol–water partition coefficient (Wildman–Crippen LogP) is 5.09. The summed E-state index contributed by atoms with van der Waals surface area (Å²) in [4.78, 5) is 28.4. The van der Waals surface area contributed by atoms with Crippen molar-refractivity contribution in [2.45, 2.75) is 32.2 Å². The van der Waals surface area contributed by atoms with Gasteiger partial charge >= 0.3 is 0 Å². The molecule has 0 radical (unpaired) electrons. The second-order valence-corrected chi connectivity index (χ2v) is 7.45. The molecule has 0 spiro atoms. The van der Waals surface area contributed by atoms with Gasteiger partial charge in [-0.1, -0.05) is 56.7 Å². The van der Waals surface area contributed by atoms with Crippen LogP contribution in [-0.4, -0.2) is 24.0 Å². The number of para-hydroxylation sites is 1. The van der Waals surface area contributed by atoms with Crippen molar-refractivity contribution in [3.05, 3.63) is 88.3 Å². The third kappa shape index (κ3) is 3.52. The maximum Gasteiger partial charge on any atom is 0.290 e. The normalized spacial score (nSPS) is 15.4. The van der Waals surface area contributed by atoms with Crippen molar-refractivity contribution in [1.29, 1.82) is 0 Å². The second kappa shape index (κ2) is 8.57. The first-order valence-electron chi connectivity index (χ1n) is 10.4. The van der Waals surface area contributed by atoms with Crippen molar-refractivity contribution in [3.8, 4) is 5.75 Å². The van der Waals surface area contributed by atoms with Gasteiger partial charge in [-0.25, -0.2) is 0 Å². The number of nitrogens with zero attached hydrogens (tertiary/aromatic N) is 1. The summed E-state index contributed by atoms with van der Waals surface area (Å²) < 4.78 is 11.6. The lowest BCUT2D eigenvalue weighted by molar-refractivity contribution is 0.0724. The molecule has 0 aliphatic carbocycles. The number of amides is 1. The molecular weight excluding hydrogens is 378 g/mol. The molecule has 1 amide bonds. The molecule has 1 aliphatic rings. The van der Waals surface area contributed by atoms with Gasteiger partial charge in [-0.2, -0.15) is 0 Å². The fourth-order valence-electron chi connectivity index (χ4n) is 4.01. The van der Waals surface area contributed by atoms with Crippen molar-refractivity contribution < 1.29 is 13.9 Å². The minimum atomic E-state index is -0.488. The summed E-state index contributed by atoms with van der Waals surface area (Å²) >= 11 is 0. The molecule has 154 valence electrons. The highest BCUT2D eigenvalue weighted by Gasteiger charge is 2.42. The van der Waals surface area contributed by atoms with E-state index in [2.05, 4.69) is 13.5 Å². The lowest BCUT2D eigenvalue weighted by atomic mass is 9.98. The number of ether oxygens (including phenoxy) is 1. The van der Waals surface area contributed by atoms with Gasteiger partial charge in [-0.05, 0) is 36.2 Å². The zero-order valence-corrected chi connectivity index (χ0v) is 17.1. The van der Waals surface area contributed by atoms with Crippen LogP contribution in [-0.2, 0) is 0 Å². The molecule has 4 rings (SSSR count). The van der Waals surface area contributed by atoms with Gasteiger partial charge in [0.05, 0.1) is 17.0 Å². The van der Waals surface area contributed by atoms with Gasteiger partial charge < -0.3 is 14.1 Å². The highest BCUT2D eigenvalue weighted by Crippen LogP contribution is 2.39. The smallest absolute Gasteiger partial charge is 0.290 e. The van der Waals surface area contributed by atoms with E-state index in [-0.39, 0.29) is 17.1 Å². The van der Waals surface area contributed by atoms with Gasteiger partial charge in [-0.15, -0.1) is 0 Å². The quantitative estimate of drug-likeness (QED) is 0.388. The minimum absolute atomic E-state index is 0.151. The number of unbranched alkanes of at least 4 members (excludes halogenated alkanes) is 2. The molecule has 2 heterocycles. The van der Waals surface area contributed by atoms with Gasteiger partial charge in [0.15, 0.2) is 5.43 Å². The van der Waals surface area contributed by atoms with E-state index < -0.39 is 6.04 Å². The van der Waals surface area contributed by atoms with E-state index in [1.54, 1.807) is 35.2 Å².